The highest BCUT2D eigenvalue weighted by Crippen LogP contribution is 2.08. The second kappa shape index (κ2) is 6.35. The molecule has 0 aliphatic carbocycles. The van der Waals surface area contributed by atoms with Crippen LogP contribution in [0.2, 0.25) is 0 Å². The lowest BCUT2D eigenvalue weighted by molar-refractivity contribution is 0.275. The quantitative estimate of drug-likeness (QED) is 0.583. The molecule has 17 heavy (non-hydrogen) atoms. The van der Waals surface area contributed by atoms with Gasteiger partial charge in [-0.1, -0.05) is 20.3 Å². The van der Waals surface area contributed by atoms with Crippen LogP contribution >= 0.6 is 0 Å². The van der Waals surface area contributed by atoms with Gasteiger partial charge in [0.25, 0.3) is 0 Å². The summed E-state index contributed by atoms with van der Waals surface area (Å²) in [5.74, 6) is 0.727. The number of hydrogen-bond donors (Lipinski definition) is 2. The smallest absolute Gasteiger partial charge is 0.141 e. The molecule has 94 valence electrons. The lowest BCUT2D eigenvalue weighted by atomic mass is 10.1. The molecule has 1 aromatic heterocycles. The van der Waals surface area contributed by atoms with Gasteiger partial charge in [0.1, 0.15) is 11.5 Å². The molecule has 1 rings (SSSR count). The zero-order valence-corrected chi connectivity index (χ0v) is 10.9. The standard InChI is InChI=1S/C13H22N4/c1-4-10(2)8-17(3)9-11-5-6-16-12(7-11)13(14)15/h5-7,10H,4,8-9H2,1-3H3,(H3,14,15). The third-order valence-corrected chi connectivity index (χ3v) is 2.87. The van der Waals surface area contributed by atoms with Crippen molar-refractivity contribution in [2.45, 2.75) is 26.8 Å². The summed E-state index contributed by atoms with van der Waals surface area (Å²) in [6, 6.07) is 3.86. The minimum atomic E-state index is 0.0245. The second-order valence-corrected chi connectivity index (χ2v) is 4.67. The van der Waals surface area contributed by atoms with Gasteiger partial charge in [0.05, 0.1) is 0 Å². The lowest BCUT2D eigenvalue weighted by Crippen LogP contribution is -2.24. The molecule has 4 nitrogen and oxygen atoms in total. The second-order valence-electron chi connectivity index (χ2n) is 4.67. The molecule has 0 saturated carbocycles. The molecule has 0 bridgehead atoms. The van der Waals surface area contributed by atoms with Gasteiger partial charge in [-0.05, 0) is 30.7 Å². The van der Waals surface area contributed by atoms with E-state index in [4.69, 9.17) is 11.1 Å². The van der Waals surface area contributed by atoms with Gasteiger partial charge in [0.15, 0.2) is 0 Å². The van der Waals surface area contributed by atoms with Crippen LogP contribution < -0.4 is 5.73 Å². The molecule has 1 heterocycles. The zero-order valence-electron chi connectivity index (χ0n) is 10.9. The molecule has 0 aliphatic rings. The molecule has 0 saturated heterocycles. The van der Waals surface area contributed by atoms with E-state index in [0.717, 1.165) is 18.7 Å². The Bertz CT molecular complexity index is 375. The first-order chi connectivity index (χ1) is 8.02. The number of nitrogen functional groups attached to an aromatic ring is 1. The molecule has 0 aromatic carbocycles. The third kappa shape index (κ3) is 4.53. The molecule has 1 aromatic rings. The first-order valence-electron chi connectivity index (χ1n) is 6.00. The van der Waals surface area contributed by atoms with Crippen LogP contribution in [0.1, 0.15) is 31.5 Å². The van der Waals surface area contributed by atoms with Crippen molar-refractivity contribution in [2.24, 2.45) is 11.7 Å². The summed E-state index contributed by atoms with van der Waals surface area (Å²) in [7, 11) is 2.11. The predicted octanol–water partition coefficient (Wildman–Crippen LogP) is 1.84. The van der Waals surface area contributed by atoms with E-state index in [9.17, 15) is 0 Å². The highest BCUT2D eigenvalue weighted by molar-refractivity contribution is 5.93. The van der Waals surface area contributed by atoms with Crippen LogP contribution in [0.15, 0.2) is 18.3 Å². The molecule has 0 radical (unpaired) electrons. The summed E-state index contributed by atoms with van der Waals surface area (Å²) in [5.41, 5.74) is 7.13. The first-order valence-corrected chi connectivity index (χ1v) is 6.00. The SMILES string of the molecule is CCC(C)CN(C)Cc1ccnc(C(=N)N)c1. The normalized spacial score (nSPS) is 12.7. The molecular weight excluding hydrogens is 212 g/mol. The summed E-state index contributed by atoms with van der Waals surface area (Å²) in [6.07, 6.45) is 2.91. The van der Waals surface area contributed by atoms with Crippen molar-refractivity contribution in [3.8, 4) is 0 Å². The minimum absolute atomic E-state index is 0.0245. The molecular formula is C13H22N4. The Morgan fingerprint density at radius 3 is 2.88 bits per heavy atom. The summed E-state index contributed by atoms with van der Waals surface area (Å²) >= 11 is 0. The molecule has 0 amide bonds. The number of amidine groups is 1. The van der Waals surface area contributed by atoms with Crippen molar-refractivity contribution in [1.29, 1.82) is 5.41 Å². The number of nitrogens with two attached hydrogens (primary N) is 1. The van der Waals surface area contributed by atoms with E-state index >= 15 is 0 Å². The van der Waals surface area contributed by atoms with Crippen LogP contribution in [0, 0.1) is 11.3 Å². The molecule has 0 spiro atoms. The van der Waals surface area contributed by atoms with Gasteiger partial charge in [-0.2, -0.15) is 0 Å². The Morgan fingerprint density at radius 1 is 1.59 bits per heavy atom. The average molecular weight is 234 g/mol. The number of nitrogens with zero attached hydrogens (tertiary/aromatic N) is 2. The number of rotatable bonds is 6. The molecule has 1 atom stereocenters. The van der Waals surface area contributed by atoms with E-state index in [1.165, 1.54) is 6.42 Å². The maximum absolute atomic E-state index is 7.36. The van der Waals surface area contributed by atoms with Crippen LogP contribution in [0.25, 0.3) is 0 Å². The van der Waals surface area contributed by atoms with E-state index < -0.39 is 0 Å². The minimum Gasteiger partial charge on any atom is -0.382 e. The number of pyridine rings is 1. The lowest BCUT2D eigenvalue weighted by Gasteiger charge is -2.20. The Labute approximate surface area is 103 Å². The summed E-state index contributed by atoms with van der Waals surface area (Å²) in [4.78, 5) is 6.34. The fraction of sp³-hybridized carbons (Fsp3) is 0.538. The fourth-order valence-corrected chi connectivity index (χ4v) is 1.76. The Hall–Kier alpha value is -1.42. The highest BCUT2D eigenvalue weighted by atomic mass is 15.1. The van der Waals surface area contributed by atoms with Crippen LogP contribution in [0.5, 0.6) is 0 Å². The zero-order chi connectivity index (χ0) is 12.8. The van der Waals surface area contributed by atoms with Gasteiger partial charge in [0, 0.05) is 19.3 Å². The summed E-state index contributed by atoms with van der Waals surface area (Å²) in [5, 5.41) is 7.36. The van der Waals surface area contributed by atoms with Gasteiger partial charge in [-0.15, -0.1) is 0 Å². The average Bonchev–Trinajstić information content (AvgIpc) is 2.28. The monoisotopic (exact) mass is 234 g/mol. The van der Waals surface area contributed by atoms with E-state index in [1.807, 2.05) is 12.1 Å². The molecule has 0 aliphatic heterocycles. The Morgan fingerprint density at radius 2 is 2.29 bits per heavy atom. The molecule has 1 unspecified atom stereocenters. The van der Waals surface area contributed by atoms with Gasteiger partial charge in [-0.25, -0.2) is 0 Å². The maximum atomic E-state index is 7.36. The van der Waals surface area contributed by atoms with Crippen molar-refractivity contribution in [1.82, 2.24) is 9.88 Å². The Balaban J connectivity index is 2.62. The van der Waals surface area contributed by atoms with Gasteiger partial charge in [0.2, 0.25) is 0 Å². The van der Waals surface area contributed by atoms with Crippen LogP contribution in [-0.2, 0) is 6.54 Å². The molecule has 3 N–H and O–H groups in total. The highest BCUT2D eigenvalue weighted by Gasteiger charge is 2.06. The topological polar surface area (TPSA) is 66.0 Å². The van der Waals surface area contributed by atoms with Crippen molar-refractivity contribution in [3.63, 3.8) is 0 Å². The fourth-order valence-electron chi connectivity index (χ4n) is 1.76. The largest absolute Gasteiger partial charge is 0.382 e. The van der Waals surface area contributed by atoms with Crippen molar-refractivity contribution in [3.05, 3.63) is 29.6 Å². The van der Waals surface area contributed by atoms with Gasteiger partial charge in [-0.3, -0.25) is 10.4 Å². The number of aromatic nitrogens is 1. The van der Waals surface area contributed by atoms with E-state index in [2.05, 4.69) is 30.8 Å². The maximum Gasteiger partial charge on any atom is 0.141 e. The van der Waals surface area contributed by atoms with Crippen LogP contribution in [-0.4, -0.2) is 29.3 Å². The van der Waals surface area contributed by atoms with E-state index in [1.54, 1.807) is 6.20 Å². The van der Waals surface area contributed by atoms with Crippen LogP contribution in [0.3, 0.4) is 0 Å². The van der Waals surface area contributed by atoms with Gasteiger partial charge >= 0.3 is 0 Å². The molecule has 0 fully saturated rings. The first kappa shape index (κ1) is 13.6. The Kier molecular flexibility index (Phi) is 5.10. The summed E-state index contributed by atoms with van der Waals surface area (Å²) < 4.78 is 0. The molecule has 4 heteroatoms. The van der Waals surface area contributed by atoms with Crippen molar-refractivity contribution in [2.75, 3.05) is 13.6 Å². The van der Waals surface area contributed by atoms with Crippen molar-refractivity contribution < 1.29 is 0 Å². The van der Waals surface area contributed by atoms with Crippen molar-refractivity contribution >= 4 is 5.84 Å². The summed E-state index contributed by atoms with van der Waals surface area (Å²) in [6.45, 7) is 6.41. The third-order valence-electron chi connectivity index (χ3n) is 2.87. The predicted molar refractivity (Wildman–Crippen MR) is 71.0 cm³/mol. The number of hydrogen-bond acceptors (Lipinski definition) is 3. The van der Waals surface area contributed by atoms with Crippen LogP contribution in [0.4, 0.5) is 0 Å². The van der Waals surface area contributed by atoms with Gasteiger partial charge < -0.3 is 10.6 Å². The number of nitrogens with one attached hydrogen (secondary N) is 1. The van der Waals surface area contributed by atoms with E-state index in [0.29, 0.717) is 11.6 Å². The van der Waals surface area contributed by atoms with E-state index in [-0.39, 0.29) is 5.84 Å².